The minimum atomic E-state index is 0.225. The number of anilines is 3. The van der Waals surface area contributed by atoms with Crippen molar-refractivity contribution < 1.29 is 4.79 Å². The van der Waals surface area contributed by atoms with Crippen LogP contribution in [0.3, 0.4) is 0 Å². The lowest BCUT2D eigenvalue weighted by atomic mass is 10.2. The lowest BCUT2D eigenvalue weighted by Crippen LogP contribution is -2.28. The monoisotopic (exact) mass is 430 g/mol. The lowest BCUT2D eigenvalue weighted by molar-refractivity contribution is -0.127. The fraction of sp³-hybridized carbons (Fsp3) is 0.348. The van der Waals surface area contributed by atoms with Crippen molar-refractivity contribution in [1.29, 1.82) is 0 Å². The van der Waals surface area contributed by atoms with Crippen molar-refractivity contribution in [2.24, 2.45) is 0 Å². The zero-order chi connectivity index (χ0) is 21.9. The van der Waals surface area contributed by atoms with Gasteiger partial charge in [-0.25, -0.2) is 4.98 Å². The summed E-state index contributed by atoms with van der Waals surface area (Å²) in [5.41, 5.74) is 3.31. The van der Waals surface area contributed by atoms with Crippen molar-refractivity contribution in [1.82, 2.24) is 29.4 Å². The summed E-state index contributed by atoms with van der Waals surface area (Å²) in [6, 6.07) is 9.93. The summed E-state index contributed by atoms with van der Waals surface area (Å²) in [6.07, 6.45) is 6.13. The molecule has 5 rings (SSSR count). The van der Waals surface area contributed by atoms with Gasteiger partial charge in [-0.15, -0.1) is 0 Å². The van der Waals surface area contributed by atoms with Gasteiger partial charge in [-0.2, -0.15) is 9.97 Å². The summed E-state index contributed by atoms with van der Waals surface area (Å²) < 4.78 is 2.00. The van der Waals surface area contributed by atoms with Gasteiger partial charge in [0, 0.05) is 49.9 Å². The van der Waals surface area contributed by atoms with Crippen LogP contribution >= 0.6 is 0 Å². The molecule has 1 aliphatic heterocycles. The topological polar surface area (TPSA) is 101 Å². The van der Waals surface area contributed by atoms with Crippen LogP contribution in [-0.2, 0) is 11.3 Å². The second kappa shape index (κ2) is 8.78. The summed E-state index contributed by atoms with van der Waals surface area (Å²) in [4.78, 5) is 32.3. The number of aromatic nitrogens is 5. The average molecular weight is 431 g/mol. The summed E-state index contributed by atoms with van der Waals surface area (Å²) in [7, 11) is 0. The first-order valence-corrected chi connectivity index (χ1v) is 11.1. The predicted octanol–water partition coefficient (Wildman–Crippen LogP) is 3.56. The molecule has 164 valence electrons. The van der Waals surface area contributed by atoms with Crippen molar-refractivity contribution in [3.8, 4) is 0 Å². The van der Waals surface area contributed by atoms with Crippen LogP contribution in [0.4, 0.5) is 17.5 Å². The number of amides is 1. The predicted molar refractivity (Wildman–Crippen MR) is 125 cm³/mol. The molecule has 0 aliphatic carbocycles. The first-order chi connectivity index (χ1) is 15.7. The summed E-state index contributed by atoms with van der Waals surface area (Å²) >= 11 is 0. The largest absolute Gasteiger partial charge is 0.368 e. The Morgan fingerprint density at radius 2 is 2.06 bits per heavy atom. The number of fused-ring (bicyclic) bond motifs is 2. The number of nitrogens with zero attached hydrogens (tertiary/aromatic N) is 6. The number of hydrogen-bond donors (Lipinski definition) is 2. The molecule has 0 spiro atoms. The van der Waals surface area contributed by atoms with E-state index in [9.17, 15) is 4.79 Å². The summed E-state index contributed by atoms with van der Waals surface area (Å²) in [6.45, 7) is 5.04. The van der Waals surface area contributed by atoms with Crippen LogP contribution in [0.15, 0.2) is 42.9 Å². The Balaban J connectivity index is 1.46. The third-order valence-corrected chi connectivity index (χ3v) is 5.65. The molecule has 9 nitrogen and oxygen atoms in total. The van der Waals surface area contributed by atoms with E-state index in [0.29, 0.717) is 31.3 Å². The number of carbonyl (C=O) groups excluding carboxylic acids is 1. The fourth-order valence-corrected chi connectivity index (χ4v) is 3.98. The van der Waals surface area contributed by atoms with Crippen LogP contribution in [0.5, 0.6) is 0 Å². The van der Waals surface area contributed by atoms with Crippen molar-refractivity contribution in [3.63, 3.8) is 0 Å². The van der Waals surface area contributed by atoms with Gasteiger partial charge in [0.1, 0.15) is 0 Å². The van der Waals surface area contributed by atoms with Crippen LogP contribution < -0.4 is 10.6 Å². The Labute approximate surface area is 185 Å². The van der Waals surface area contributed by atoms with Crippen molar-refractivity contribution in [2.75, 3.05) is 30.3 Å². The Morgan fingerprint density at radius 1 is 1.12 bits per heavy atom. The first kappa shape index (κ1) is 20.2. The molecule has 1 aliphatic rings. The fourth-order valence-electron chi connectivity index (χ4n) is 3.98. The molecule has 1 aromatic carbocycles. The van der Waals surface area contributed by atoms with E-state index >= 15 is 0 Å². The average Bonchev–Trinajstić information content (AvgIpc) is 3.41. The molecule has 1 saturated heterocycles. The van der Waals surface area contributed by atoms with Crippen molar-refractivity contribution in [2.45, 2.75) is 32.7 Å². The number of benzene rings is 1. The Kier molecular flexibility index (Phi) is 5.53. The van der Waals surface area contributed by atoms with Gasteiger partial charge in [0.05, 0.1) is 11.8 Å². The minimum absolute atomic E-state index is 0.225. The summed E-state index contributed by atoms with van der Waals surface area (Å²) in [5.74, 6) is 1.43. The van der Waals surface area contributed by atoms with Gasteiger partial charge < -0.3 is 20.1 Å². The Hall–Kier alpha value is -3.75. The van der Waals surface area contributed by atoms with E-state index < -0.39 is 0 Å². The number of likely N-dealkylation sites (tertiary alicyclic amines) is 1. The highest BCUT2D eigenvalue weighted by molar-refractivity contribution is 5.86. The van der Waals surface area contributed by atoms with Crippen molar-refractivity contribution in [3.05, 3.63) is 42.9 Å². The minimum Gasteiger partial charge on any atom is -0.368 e. The maximum atomic E-state index is 12.0. The zero-order valence-electron chi connectivity index (χ0n) is 18.1. The van der Waals surface area contributed by atoms with Crippen LogP contribution in [0.2, 0.25) is 0 Å². The molecule has 32 heavy (non-hydrogen) atoms. The molecule has 0 saturated carbocycles. The number of imidazole rings is 1. The third-order valence-electron chi connectivity index (χ3n) is 5.65. The molecule has 1 fully saturated rings. The van der Waals surface area contributed by atoms with E-state index in [-0.39, 0.29) is 5.91 Å². The standard InChI is InChI=1S/C23H26N8O/c1-2-9-25-21-20-22(31(15-26-20)13-12-30-11-4-6-19(30)32)29-23(28-21)27-17-7-8-18-16(14-17)5-3-10-24-18/h3,5,7-8,10,14-15H,2,4,6,9,11-13H2,1H3,(H2,25,27,28,29). The normalized spacial score (nSPS) is 13.9. The quantitative estimate of drug-likeness (QED) is 0.441. The van der Waals surface area contributed by atoms with Gasteiger partial charge in [-0.05, 0) is 37.1 Å². The highest BCUT2D eigenvalue weighted by Gasteiger charge is 2.20. The van der Waals surface area contributed by atoms with Gasteiger partial charge >= 0.3 is 0 Å². The molecule has 9 heteroatoms. The van der Waals surface area contributed by atoms with Crippen LogP contribution in [-0.4, -0.2) is 54.9 Å². The summed E-state index contributed by atoms with van der Waals surface area (Å²) in [5, 5.41) is 7.74. The van der Waals surface area contributed by atoms with Crippen molar-refractivity contribution >= 4 is 45.4 Å². The maximum absolute atomic E-state index is 12.0. The molecule has 4 heterocycles. The molecule has 0 bridgehead atoms. The molecular formula is C23H26N8O. The Bertz CT molecular complexity index is 1270. The number of nitrogens with one attached hydrogen (secondary N) is 2. The molecule has 1 amide bonds. The molecule has 0 unspecified atom stereocenters. The van der Waals surface area contributed by atoms with Crippen LogP contribution in [0, 0.1) is 0 Å². The molecule has 0 atom stereocenters. The van der Waals surface area contributed by atoms with Gasteiger partial charge in [-0.3, -0.25) is 9.78 Å². The smallest absolute Gasteiger partial charge is 0.231 e. The second-order valence-corrected chi connectivity index (χ2v) is 7.95. The van der Waals surface area contributed by atoms with Gasteiger partial charge in [0.15, 0.2) is 17.0 Å². The lowest BCUT2D eigenvalue weighted by Gasteiger charge is -2.16. The SMILES string of the molecule is CCCNc1nc(Nc2ccc3ncccc3c2)nc2c1ncn2CCN1CCCC1=O. The zero-order valence-corrected chi connectivity index (χ0v) is 18.1. The highest BCUT2D eigenvalue weighted by atomic mass is 16.2. The number of rotatable bonds is 8. The Morgan fingerprint density at radius 3 is 2.91 bits per heavy atom. The first-order valence-electron chi connectivity index (χ1n) is 11.1. The van der Waals surface area contributed by atoms with E-state index in [2.05, 4.69) is 32.5 Å². The van der Waals surface area contributed by atoms with Gasteiger partial charge in [-0.1, -0.05) is 13.0 Å². The highest BCUT2D eigenvalue weighted by Crippen LogP contribution is 2.24. The van der Waals surface area contributed by atoms with E-state index in [0.717, 1.165) is 53.7 Å². The second-order valence-electron chi connectivity index (χ2n) is 7.95. The van der Waals surface area contributed by atoms with Crippen LogP contribution in [0.25, 0.3) is 22.1 Å². The van der Waals surface area contributed by atoms with E-state index in [1.54, 1.807) is 12.5 Å². The number of hydrogen-bond acceptors (Lipinski definition) is 7. The van der Waals surface area contributed by atoms with Gasteiger partial charge in [0.2, 0.25) is 11.9 Å². The molecule has 2 N–H and O–H groups in total. The maximum Gasteiger partial charge on any atom is 0.231 e. The molecular weight excluding hydrogens is 404 g/mol. The number of carbonyl (C=O) groups is 1. The third kappa shape index (κ3) is 4.05. The molecule has 3 aromatic heterocycles. The number of pyridine rings is 1. The van der Waals surface area contributed by atoms with Gasteiger partial charge in [0.25, 0.3) is 0 Å². The van der Waals surface area contributed by atoms with E-state index in [1.165, 1.54) is 0 Å². The van der Waals surface area contributed by atoms with E-state index in [1.807, 2.05) is 39.8 Å². The van der Waals surface area contributed by atoms with E-state index in [4.69, 9.17) is 4.98 Å². The molecule has 4 aromatic rings. The molecule has 0 radical (unpaired) electrons. The van der Waals surface area contributed by atoms with Crippen LogP contribution in [0.1, 0.15) is 26.2 Å².